The van der Waals surface area contributed by atoms with Crippen LogP contribution in [0.4, 0.5) is 39.5 Å². The second-order valence-electron chi connectivity index (χ2n) is 10.1. The molecule has 0 amide bonds. The highest BCUT2D eigenvalue weighted by molar-refractivity contribution is 7.88. The fraction of sp³-hybridized carbons (Fsp3) is 0.727. The van der Waals surface area contributed by atoms with E-state index in [1.807, 2.05) is 0 Å². The molecule has 0 unspecified atom stereocenters. The van der Waals surface area contributed by atoms with Gasteiger partial charge in [0.1, 0.15) is 5.75 Å². The average Bonchev–Trinajstić information content (AvgIpc) is 3.13. The van der Waals surface area contributed by atoms with Crippen LogP contribution >= 0.6 is 0 Å². The van der Waals surface area contributed by atoms with Crippen molar-refractivity contribution in [2.75, 3.05) is 0 Å². The first-order valence-electron chi connectivity index (χ1n) is 11.1. The van der Waals surface area contributed by atoms with Crippen molar-refractivity contribution >= 4 is 10.1 Å². The average molecular weight is 538 g/mol. The molecule has 0 aromatic heterocycles. The van der Waals surface area contributed by atoms with E-state index in [0.717, 1.165) is 56.2 Å². The lowest BCUT2D eigenvalue weighted by molar-refractivity contribution is -0.382. The quantitative estimate of drug-likeness (QED) is 0.298. The van der Waals surface area contributed by atoms with E-state index in [1.165, 1.54) is 6.07 Å². The van der Waals surface area contributed by atoms with E-state index in [0.29, 0.717) is 23.8 Å². The van der Waals surface area contributed by atoms with Gasteiger partial charge in [-0.3, -0.25) is 0 Å². The molecule has 1 aromatic rings. The summed E-state index contributed by atoms with van der Waals surface area (Å²) in [6, 6.07) is 3.40. The maximum atomic E-state index is 14.0. The van der Waals surface area contributed by atoms with Gasteiger partial charge in [-0.2, -0.15) is 47.9 Å². The fourth-order valence-corrected chi connectivity index (χ4v) is 7.20. The molecule has 0 saturated heterocycles. The Labute approximate surface area is 196 Å². The van der Waals surface area contributed by atoms with Gasteiger partial charge in [-0.1, -0.05) is 19.4 Å². The summed E-state index contributed by atoms with van der Waals surface area (Å²) in [6.07, 6.45) is -0.747. The minimum atomic E-state index is -7.33. The van der Waals surface area contributed by atoms with E-state index in [2.05, 4.69) is 11.1 Å². The van der Waals surface area contributed by atoms with Gasteiger partial charge in [-0.25, -0.2) is 0 Å². The monoisotopic (exact) mass is 538 g/mol. The maximum Gasteiger partial charge on any atom is 0.460 e. The summed E-state index contributed by atoms with van der Waals surface area (Å²) in [4.78, 5) is 0. The van der Waals surface area contributed by atoms with E-state index in [-0.39, 0.29) is 11.3 Å². The molecular weight excluding hydrogens is 515 g/mol. The second-order valence-corrected chi connectivity index (χ2v) is 11.6. The molecule has 0 aliphatic heterocycles. The van der Waals surface area contributed by atoms with E-state index in [4.69, 9.17) is 0 Å². The van der Waals surface area contributed by atoms with Crippen LogP contribution in [0.2, 0.25) is 0 Å². The Balaban J connectivity index is 1.59. The molecule has 0 bridgehead atoms. The van der Waals surface area contributed by atoms with Crippen LogP contribution in [0.3, 0.4) is 0 Å². The Hall–Kier alpha value is -1.66. The molecule has 13 heteroatoms. The second kappa shape index (κ2) is 7.92. The largest absolute Gasteiger partial charge is 0.460 e. The van der Waals surface area contributed by atoms with Gasteiger partial charge in [0.15, 0.2) is 0 Å². The van der Waals surface area contributed by atoms with Crippen LogP contribution < -0.4 is 4.18 Å². The van der Waals surface area contributed by atoms with Crippen molar-refractivity contribution in [3.05, 3.63) is 29.3 Å². The number of alkyl halides is 9. The summed E-state index contributed by atoms with van der Waals surface area (Å²) in [5.74, 6) is -14.5. The maximum absolute atomic E-state index is 14.0. The van der Waals surface area contributed by atoms with Crippen LogP contribution in [0.1, 0.15) is 62.5 Å². The van der Waals surface area contributed by atoms with Crippen molar-refractivity contribution in [1.29, 1.82) is 0 Å². The zero-order chi connectivity index (χ0) is 26.2. The third-order valence-electron chi connectivity index (χ3n) is 8.12. The van der Waals surface area contributed by atoms with Crippen LogP contribution in [-0.4, -0.2) is 31.7 Å². The van der Waals surface area contributed by atoms with Gasteiger partial charge < -0.3 is 4.18 Å². The number of halogens is 9. The molecule has 4 rings (SSSR count). The van der Waals surface area contributed by atoms with Gasteiger partial charge in [-0.05, 0) is 85.0 Å². The van der Waals surface area contributed by atoms with E-state index >= 15 is 0 Å². The van der Waals surface area contributed by atoms with Crippen molar-refractivity contribution in [3.63, 3.8) is 0 Å². The van der Waals surface area contributed by atoms with Gasteiger partial charge in [0.2, 0.25) is 0 Å². The topological polar surface area (TPSA) is 43.4 Å². The van der Waals surface area contributed by atoms with Crippen molar-refractivity contribution in [2.24, 2.45) is 17.3 Å². The first kappa shape index (κ1) is 26.4. The zero-order valence-electron chi connectivity index (χ0n) is 18.4. The molecule has 3 nitrogen and oxygen atoms in total. The molecule has 1 aromatic carbocycles. The molecule has 0 spiro atoms. The van der Waals surface area contributed by atoms with Crippen LogP contribution in [0.25, 0.3) is 0 Å². The number of hydrogen-bond acceptors (Lipinski definition) is 3. The van der Waals surface area contributed by atoms with Gasteiger partial charge in [0, 0.05) is 0 Å². The van der Waals surface area contributed by atoms with Gasteiger partial charge in [0.05, 0.1) is 0 Å². The highest BCUT2D eigenvalue weighted by atomic mass is 32.2. The number of rotatable bonds is 5. The Morgan fingerprint density at radius 1 is 0.914 bits per heavy atom. The number of benzene rings is 1. The van der Waals surface area contributed by atoms with Gasteiger partial charge >= 0.3 is 33.4 Å². The number of fused-ring (bicyclic) bond motifs is 5. The zero-order valence-corrected chi connectivity index (χ0v) is 19.3. The third kappa shape index (κ3) is 3.81. The molecule has 3 aliphatic carbocycles. The van der Waals surface area contributed by atoms with Crippen molar-refractivity contribution < 1.29 is 52.1 Å². The Morgan fingerprint density at radius 3 is 2.20 bits per heavy atom. The van der Waals surface area contributed by atoms with Crippen molar-refractivity contribution in [1.82, 2.24) is 0 Å². The lowest BCUT2D eigenvalue weighted by Gasteiger charge is -2.49. The molecular formula is C22H23F9O3S. The molecule has 2 fully saturated rings. The predicted octanol–water partition coefficient (Wildman–Crippen LogP) is 7.07. The first-order valence-corrected chi connectivity index (χ1v) is 12.5. The standard InChI is InChI=1S/C22H23F9O3S/c1-18-9-2-3-17(18)16-6-4-12-11-13(5-7-14(12)15(16)8-10-18)34-35(32,33)22(30,31)20(25,26)19(23,24)21(27,28)29/h5,7,11,15-17H,2-4,6,8-10H2,1H3/t15-,16-,17+,18+/m1/s1. The molecule has 2 saturated carbocycles. The smallest absolute Gasteiger partial charge is 0.378 e. The molecule has 3 aliphatic rings. The number of aryl methyl sites for hydroxylation is 1. The molecule has 35 heavy (non-hydrogen) atoms. The summed E-state index contributed by atoms with van der Waals surface area (Å²) in [5, 5.41) is -6.88. The molecule has 4 atom stereocenters. The van der Waals surface area contributed by atoms with E-state index < -0.39 is 39.1 Å². The lowest BCUT2D eigenvalue weighted by atomic mass is 9.56. The van der Waals surface area contributed by atoms with Gasteiger partial charge in [0.25, 0.3) is 0 Å². The van der Waals surface area contributed by atoms with Crippen LogP contribution in [0.15, 0.2) is 18.2 Å². The summed E-state index contributed by atoms with van der Waals surface area (Å²) in [5.41, 5.74) is 1.64. The SMILES string of the molecule is C[C@@]12CCC[C@H]1[C@@H]1CCc3cc(OS(=O)(=O)C(F)(F)C(F)(F)C(F)(F)C(F)(F)F)ccc3[C@H]1CC2. The van der Waals surface area contributed by atoms with Gasteiger partial charge in [-0.15, -0.1) is 0 Å². The Kier molecular flexibility index (Phi) is 5.97. The normalized spacial score (nSPS) is 29.8. The molecule has 0 heterocycles. The van der Waals surface area contributed by atoms with Crippen LogP contribution in [-0.2, 0) is 16.5 Å². The lowest BCUT2D eigenvalue weighted by Crippen LogP contribution is -2.63. The summed E-state index contributed by atoms with van der Waals surface area (Å²) in [7, 11) is -6.95. The molecule has 198 valence electrons. The predicted molar refractivity (Wildman–Crippen MR) is 106 cm³/mol. The summed E-state index contributed by atoms with van der Waals surface area (Å²) >= 11 is 0. The third-order valence-corrected chi connectivity index (χ3v) is 9.41. The molecule has 0 N–H and O–H groups in total. The van der Waals surface area contributed by atoms with Crippen LogP contribution in [0.5, 0.6) is 5.75 Å². The van der Waals surface area contributed by atoms with Crippen molar-refractivity contribution in [3.8, 4) is 5.75 Å². The fourth-order valence-electron chi connectivity index (χ4n) is 6.30. The highest BCUT2D eigenvalue weighted by Gasteiger charge is 2.86. The Morgan fingerprint density at radius 2 is 1.57 bits per heavy atom. The van der Waals surface area contributed by atoms with E-state index in [1.54, 1.807) is 0 Å². The minimum absolute atomic E-state index is 0.136. The highest BCUT2D eigenvalue weighted by Crippen LogP contribution is 2.61. The first-order chi connectivity index (χ1) is 15.9. The molecule has 0 radical (unpaired) electrons. The summed E-state index contributed by atoms with van der Waals surface area (Å²) in [6.45, 7) is 2.27. The van der Waals surface area contributed by atoms with E-state index in [9.17, 15) is 47.9 Å². The number of hydrogen-bond donors (Lipinski definition) is 0. The van der Waals surface area contributed by atoms with Crippen LogP contribution in [0, 0.1) is 17.3 Å². The van der Waals surface area contributed by atoms with Crippen molar-refractivity contribution in [2.45, 2.75) is 81.1 Å². The Bertz CT molecular complexity index is 1100. The summed E-state index contributed by atoms with van der Waals surface area (Å²) < 4.78 is 146. The minimum Gasteiger partial charge on any atom is -0.378 e.